The summed E-state index contributed by atoms with van der Waals surface area (Å²) >= 11 is 3.62. The second-order valence-electron chi connectivity index (χ2n) is 3.94. The summed E-state index contributed by atoms with van der Waals surface area (Å²) in [5.74, 6) is 0. The van der Waals surface area contributed by atoms with E-state index in [4.69, 9.17) is 0 Å². The molecule has 2 heterocycles. The summed E-state index contributed by atoms with van der Waals surface area (Å²) in [6.07, 6.45) is 1.14. The van der Waals surface area contributed by atoms with Crippen LogP contribution in [-0.4, -0.2) is 0 Å². The molecule has 0 fully saturated rings. The summed E-state index contributed by atoms with van der Waals surface area (Å²) < 4.78 is 0. The Balaban J connectivity index is 1.96. The zero-order chi connectivity index (χ0) is 11.4. The summed E-state index contributed by atoms with van der Waals surface area (Å²) in [6, 6.07) is 4.84. The van der Waals surface area contributed by atoms with Crippen LogP contribution in [0.15, 0.2) is 28.3 Å². The van der Waals surface area contributed by atoms with E-state index in [0.29, 0.717) is 6.04 Å². The van der Waals surface area contributed by atoms with Crippen LogP contribution in [0, 0.1) is 6.92 Å². The maximum absolute atomic E-state index is 3.63. The van der Waals surface area contributed by atoms with Crippen molar-refractivity contribution < 1.29 is 0 Å². The average Bonchev–Trinajstić information content (AvgIpc) is 2.92. The predicted octanol–water partition coefficient (Wildman–Crippen LogP) is 4.36. The van der Waals surface area contributed by atoms with E-state index in [0.717, 1.165) is 13.0 Å². The highest BCUT2D eigenvalue weighted by Crippen LogP contribution is 2.23. The SMILES string of the molecule is CCC(NCc1cscc1C)c1cccs1. The fraction of sp³-hybridized carbons (Fsp3) is 0.385. The van der Waals surface area contributed by atoms with Crippen LogP contribution in [0.3, 0.4) is 0 Å². The van der Waals surface area contributed by atoms with Crippen LogP contribution in [0.1, 0.15) is 35.4 Å². The topological polar surface area (TPSA) is 12.0 Å². The summed E-state index contributed by atoms with van der Waals surface area (Å²) in [5, 5.41) is 10.2. The van der Waals surface area contributed by atoms with Gasteiger partial charge in [-0.15, -0.1) is 11.3 Å². The van der Waals surface area contributed by atoms with E-state index < -0.39 is 0 Å². The molecule has 0 bridgehead atoms. The standard InChI is InChI=1S/C13H17NS2/c1-3-12(13-5-4-6-16-13)14-7-11-9-15-8-10(11)2/h4-6,8-9,12,14H,3,7H2,1-2H3. The molecule has 0 radical (unpaired) electrons. The molecule has 0 amide bonds. The Morgan fingerprint density at radius 3 is 2.81 bits per heavy atom. The first kappa shape index (κ1) is 11.8. The van der Waals surface area contributed by atoms with Crippen LogP contribution in [0.4, 0.5) is 0 Å². The lowest BCUT2D eigenvalue weighted by Gasteiger charge is -2.15. The first-order chi connectivity index (χ1) is 7.81. The van der Waals surface area contributed by atoms with Crippen molar-refractivity contribution in [1.82, 2.24) is 5.32 Å². The van der Waals surface area contributed by atoms with Crippen LogP contribution < -0.4 is 5.32 Å². The Morgan fingerprint density at radius 1 is 1.38 bits per heavy atom. The van der Waals surface area contributed by atoms with Gasteiger partial charge in [-0.25, -0.2) is 0 Å². The minimum absolute atomic E-state index is 0.499. The zero-order valence-corrected chi connectivity index (χ0v) is 11.3. The monoisotopic (exact) mass is 251 g/mol. The lowest BCUT2D eigenvalue weighted by atomic mass is 10.1. The number of aryl methyl sites for hydroxylation is 1. The van der Waals surface area contributed by atoms with E-state index in [9.17, 15) is 0 Å². The van der Waals surface area contributed by atoms with Crippen molar-refractivity contribution in [3.05, 3.63) is 44.3 Å². The smallest absolute Gasteiger partial charge is 0.0414 e. The highest BCUT2D eigenvalue weighted by Gasteiger charge is 2.10. The first-order valence-corrected chi connectivity index (χ1v) is 7.42. The Labute approximate surface area is 105 Å². The van der Waals surface area contributed by atoms with Crippen molar-refractivity contribution >= 4 is 22.7 Å². The Bertz CT molecular complexity index is 417. The number of hydrogen-bond acceptors (Lipinski definition) is 3. The van der Waals surface area contributed by atoms with E-state index in [-0.39, 0.29) is 0 Å². The molecule has 1 atom stereocenters. The second-order valence-corrected chi connectivity index (χ2v) is 5.66. The third-order valence-corrected chi connectivity index (χ3v) is 4.69. The third-order valence-electron chi connectivity index (χ3n) is 2.80. The predicted molar refractivity (Wildman–Crippen MR) is 73.2 cm³/mol. The van der Waals surface area contributed by atoms with Crippen LogP contribution in [-0.2, 0) is 6.54 Å². The quantitative estimate of drug-likeness (QED) is 0.832. The zero-order valence-electron chi connectivity index (χ0n) is 9.69. The van der Waals surface area contributed by atoms with Crippen molar-refractivity contribution in [2.45, 2.75) is 32.9 Å². The molecule has 0 aromatic carbocycles. The Morgan fingerprint density at radius 2 is 2.25 bits per heavy atom. The number of thiophene rings is 2. The van der Waals surface area contributed by atoms with Crippen LogP contribution in [0.2, 0.25) is 0 Å². The molecule has 2 aromatic rings. The minimum Gasteiger partial charge on any atom is -0.305 e. The van der Waals surface area contributed by atoms with Gasteiger partial charge in [0.05, 0.1) is 0 Å². The molecule has 86 valence electrons. The number of hydrogen-bond donors (Lipinski definition) is 1. The molecule has 0 aliphatic rings. The molecular weight excluding hydrogens is 234 g/mol. The molecule has 0 aliphatic carbocycles. The lowest BCUT2D eigenvalue weighted by Crippen LogP contribution is -2.19. The minimum atomic E-state index is 0.499. The van der Waals surface area contributed by atoms with E-state index in [1.165, 1.54) is 16.0 Å². The largest absolute Gasteiger partial charge is 0.305 e. The van der Waals surface area contributed by atoms with Gasteiger partial charge in [-0.3, -0.25) is 0 Å². The van der Waals surface area contributed by atoms with Crippen molar-refractivity contribution in [3.8, 4) is 0 Å². The summed E-state index contributed by atoms with van der Waals surface area (Å²) in [4.78, 5) is 1.44. The van der Waals surface area contributed by atoms with Gasteiger partial charge in [0, 0.05) is 17.5 Å². The average molecular weight is 251 g/mol. The number of rotatable bonds is 5. The van der Waals surface area contributed by atoms with Gasteiger partial charge < -0.3 is 5.32 Å². The van der Waals surface area contributed by atoms with E-state index in [2.05, 4.69) is 47.4 Å². The van der Waals surface area contributed by atoms with Gasteiger partial charge in [0.2, 0.25) is 0 Å². The van der Waals surface area contributed by atoms with Gasteiger partial charge in [0.15, 0.2) is 0 Å². The lowest BCUT2D eigenvalue weighted by molar-refractivity contribution is 0.526. The van der Waals surface area contributed by atoms with Crippen molar-refractivity contribution in [2.75, 3.05) is 0 Å². The van der Waals surface area contributed by atoms with Crippen LogP contribution in [0.25, 0.3) is 0 Å². The van der Waals surface area contributed by atoms with Crippen molar-refractivity contribution in [3.63, 3.8) is 0 Å². The van der Waals surface area contributed by atoms with Gasteiger partial charge in [0.25, 0.3) is 0 Å². The fourth-order valence-corrected chi connectivity index (χ4v) is 3.48. The highest BCUT2D eigenvalue weighted by molar-refractivity contribution is 7.10. The van der Waals surface area contributed by atoms with E-state index in [1.54, 1.807) is 11.3 Å². The van der Waals surface area contributed by atoms with Crippen molar-refractivity contribution in [1.29, 1.82) is 0 Å². The van der Waals surface area contributed by atoms with Crippen LogP contribution in [0.5, 0.6) is 0 Å². The van der Waals surface area contributed by atoms with Gasteiger partial charge in [-0.2, -0.15) is 11.3 Å². The second kappa shape index (κ2) is 5.62. The fourth-order valence-electron chi connectivity index (χ4n) is 1.74. The van der Waals surface area contributed by atoms with E-state index >= 15 is 0 Å². The number of nitrogens with one attached hydrogen (secondary N) is 1. The Hall–Kier alpha value is -0.640. The molecule has 3 heteroatoms. The van der Waals surface area contributed by atoms with Gasteiger partial charge in [-0.1, -0.05) is 13.0 Å². The molecule has 16 heavy (non-hydrogen) atoms. The summed E-state index contributed by atoms with van der Waals surface area (Å²) in [7, 11) is 0. The van der Waals surface area contributed by atoms with Crippen molar-refractivity contribution in [2.24, 2.45) is 0 Å². The normalized spacial score (nSPS) is 12.9. The summed E-state index contributed by atoms with van der Waals surface area (Å²) in [6.45, 7) is 5.39. The van der Waals surface area contributed by atoms with Crippen LogP contribution >= 0.6 is 22.7 Å². The highest BCUT2D eigenvalue weighted by atomic mass is 32.1. The Kier molecular flexibility index (Phi) is 4.16. The maximum atomic E-state index is 3.63. The molecule has 0 saturated heterocycles. The molecule has 2 rings (SSSR count). The molecule has 0 saturated carbocycles. The molecule has 1 unspecified atom stereocenters. The molecular formula is C13H17NS2. The molecule has 1 nitrogen and oxygen atoms in total. The van der Waals surface area contributed by atoms with Gasteiger partial charge >= 0.3 is 0 Å². The molecule has 1 N–H and O–H groups in total. The maximum Gasteiger partial charge on any atom is 0.0414 e. The van der Waals surface area contributed by atoms with Gasteiger partial charge in [0.1, 0.15) is 0 Å². The molecule has 0 aliphatic heterocycles. The summed E-state index contributed by atoms with van der Waals surface area (Å²) in [5.41, 5.74) is 2.83. The van der Waals surface area contributed by atoms with Gasteiger partial charge in [-0.05, 0) is 46.7 Å². The first-order valence-electron chi connectivity index (χ1n) is 5.59. The van der Waals surface area contributed by atoms with E-state index in [1.807, 2.05) is 11.3 Å². The molecule has 2 aromatic heterocycles. The molecule has 0 spiro atoms. The third kappa shape index (κ3) is 2.73.